The first kappa shape index (κ1) is 20.9. The quantitative estimate of drug-likeness (QED) is 0.218. The Morgan fingerprint density at radius 3 is 2.69 bits per heavy atom. The van der Waals surface area contributed by atoms with E-state index in [0.29, 0.717) is 28.4 Å². The van der Waals surface area contributed by atoms with Crippen molar-refractivity contribution < 1.29 is 28.7 Å². The molecule has 0 unspecified atom stereocenters. The van der Waals surface area contributed by atoms with Crippen LogP contribution < -0.4 is 18.9 Å². The fraction of sp³-hybridized carbons (Fsp3) is 0.125. The van der Waals surface area contributed by atoms with Crippen LogP contribution >= 0.6 is 0 Å². The summed E-state index contributed by atoms with van der Waals surface area (Å²) in [4.78, 5) is 23.2. The monoisotopic (exact) mass is 433 g/mol. The lowest BCUT2D eigenvalue weighted by atomic mass is 10.1. The van der Waals surface area contributed by atoms with Gasteiger partial charge in [-0.25, -0.2) is 0 Å². The molecule has 0 fully saturated rings. The van der Waals surface area contributed by atoms with E-state index in [4.69, 9.17) is 18.9 Å². The normalized spacial score (nSPS) is 12.0. The van der Waals surface area contributed by atoms with Gasteiger partial charge in [0.1, 0.15) is 12.4 Å². The molecule has 1 aliphatic heterocycles. The number of carbonyl (C=O) groups excluding carboxylic acids is 1. The predicted molar refractivity (Wildman–Crippen MR) is 116 cm³/mol. The average molecular weight is 433 g/mol. The first-order valence-electron chi connectivity index (χ1n) is 9.70. The highest BCUT2D eigenvalue weighted by atomic mass is 16.7. The molecule has 0 saturated carbocycles. The van der Waals surface area contributed by atoms with Gasteiger partial charge < -0.3 is 18.9 Å². The van der Waals surface area contributed by atoms with E-state index in [1.807, 2.05) is 0 Å². The number of fused-ring (bicyclic) bond motifs is 1. The minimum absolute atomic E-state index is 0.0613. The maximum atomic E-state index is 12.5. The van der Waals surface area contributed by atoms with Crippen LogP contribution in [0.1, 0.15) is 21.5 Å². The summed E-state index contributed by atoms with van der Waals surface area (Å²) in [5.74, 6) is 1.71. The van der Waals surface area contributed by atoms with Gasteiger partial charge in [-0.05, 0) is 48.0 Å². The number of methoxy groups -OCH3 is 1. The Bertz CT molecular complexity index is 1200. The van der Waals surface area contributed by atoms with Crippen LogP contribution in [0.15, 0.2) is 66.7 Å². The smallest absolute Gasteiger partial charge is 0.310 e. The number of hydrogen-bond acceptors (Lipinski definition) is 7. The Balaban J connectivity index is 1.50. The standard InChI is InChI=1S/C24H19NO7/c1-29-21-10-7-16(6-9-20(26)17-8-11-23-24(13-17)32-15-31-23)12-18(21)14-30-22-5-3-2-4-19(22)25(27)28/h2-13H,14-15H2,1H3/b9-6+. The zero-order chi connectivity index (χ0) is 22.5. The Morgan fingerprint density at radius 2 is 1.88 bits per heavy atom. The molecule has 1 aliphatic rings. The molecule has 162 valence electrons. The molecule has 0 radical (unpaired) electrons. The number of rotatable bonds is 8. The van der Waals surface area contributed by atoms with Crippen LogP contribution in [-0.2, 0) is 6.61 Å². The molecule has 0 atom stereocenters. The second kappa shape index (κ2) is 9.22. The SMILES string of the molecule is COc1ccc(/C=C/C(=O)c2ccc3c(c2)OCO3)cc1COc1ccccc1[N+](=O)[O-]. The second-order valence-electron chi connectivity index (χ2n) is 6.85. The highest BCUT2D eigenvalue weighted by Crippen LogP contribution is 2.33. The fourth-order valence-corrected chi connectivity index (χ4v) is 3.22. The molecule has 1 heterocycles. The zero-order valence-electron chi connectivity index (χ0n) is 17.1. The van der Waals surface area contributed by atoms with Crippen LogP contribution in [0, 0.1) is 10.1 Å². The van der Waals surface area contributed by atoms with Crippen LogP contribution in [0.3, 0.4) is 0 Å². The number of benzene rings is 3. The van der Waals surface area contributed by atoms with Gasteiger partial charge in [0, 0.05) is 17.2 Å². The van der Waals surface area contributed by atoms with E-state index < -0.39 is 4.92 Å². The number of nitro groups is 1. The van der Waals surface area contributed by atoms with E-state index in [2.05, 4.69) is 0 Å². The van der Waals surface area contributed by atoms with Gasteiger partial charge in [0.15, 0.2) is 23.0 Å². The molecular weight excluding hydrogens is 414 g/mol. The molecule has 0 bridgehead atoms. The molecule has 0 amide bonds. The van der Waals surface area contributed by atoms with Crippen molar-refractivity contribution in [3.05, 3.63) is 93.5 Å². The van der Waals surface area contributed by atoms with Gasteiger partial charge in [-0.15, -0.1) is 0 Å². The van der Waals surface area contributed by atoms with Crippen LogP contribution in [0.2, 0.25) is 0 Å². The summed E-state index contributed by atoms with van der Waals surface area (Å²) in [6.45, 7) is 0.206. The van der Waals surface area contributed by atoms with E-state index in [9.17, 15) is 14.9 Å². The number of allylic oxidation sites excluding steroid dienone is 1. The minimum Gasteiger partial charge on any atom is -0.496 e. The van der Waals surface area contributed by atoms with Crippen molar-refractivity contribution in [2.24, 2.45) is 0 Å². The Labute approximate surface area is 183 Å². The topological polar surface area (TPSA) is 97.1 Å². The van der Waals surface area contributed by atoms with Crippen LogP contribution in [-0.4, -0.2) is 24.6 Å². The molecule has 0 N–H and O–H groups in total. The van der Waals surface area contributed by atoms with Gasteiger partial charge in [0.05, 0.1) is 12.0 Å². The number of nitrogens with zero attached hydrogens (tertiary/aromatic N) is 1. The molecule has 0 saturated heterocycles. The number of para-hydroxylation sites is 2. The molecule has 8 heteroatoms. The Morgan fingerprint density at radius 1 is 1.06 bits per heavy atom. The molecular formula is C24H19NO7. The van der Waals surface area contributed by atoms with Gasteiger partial charge in [0.2, 0.25) is 6.79 Å². The van der Waals surface area contributed by atoms with Gasteiger partial charge in [-0.2, -0.15) is 0 Å². The largest absolute Gasteiger partial charge is 0.496 e. The second-order valence-corrected chi connectivity index (χ2v) is 6.85. The lowest BCUT2D eigenvalue weighted by Gasteiger charge is -2.11. The number of hydrogen-bond donors (Lipinski definition) is 0. The third-order valence-electron chi connectivity index (χ3n) is 4.83. The lowest BCUT2D eigenvalue weighted by Crippen LogP contribution is -2.01. The third-order valence-corrected chi connectivity index (χ3v) is 4.83. The molecule has 8 nitrogen and oxygen atoms in total. The number of nitro benzene ring substituents is 1. The third kappa shape index (κ3) is 4.54. The van der Waals surface area contributed by atoms with Crippen molar-refractivity contribution >= 4 is 17.5 Å². The Kier molecular flexibility index (Phi) is 6.03. The first-order valence-corrected chi connectivity index (χ1v) is 9.70. The predicted octanol–water partition coefficient (Wildman–Crippen LogP) is 4.81. The van der Waals surface area contributed by atoms with E-state index in [-0.39, 0.29) is 30.6 Å². The summed E-state index contributed by atoms with van der Waals surface area (Å²) in [6.07, 6.45) is 3.15. The molecule has 0 aromatic heterocycles. The summed E-state index contributed by atoms with van der Waals surface area (Å²) in [6, 6.07) is 16.6. The fourth-order valence-electron chi connectivity index (χ4n) is 3.22. The summed E-state index contributed by atoms with van der Waals surface area (Å²) >= 11 is 0. The minimum atomic E-state index is -0.493. The van der Waals surface area contributed by atoms with Crippen molar-refractivity contribution in [3.63, 3.8) is 0 Å². The zero-order valence-corrected chi connectivity index (χ0v) is 17.1. The van der Waals surface area contributed by atoms with E-state index in [1.54, 1.807) is 60.7 Å². The summed E-state index contributed by atoms with van der Waals surface area (Å²) in [7, 11) is 1.53. The molecule has 3 aromatic rings. The number of carbonyl (C=O) groups is 1. The van der Waals surface area contributed by atoms with Crippen molar-refractivity contribution in [2.45, 2.75) is 6.61 Å². The van der Waals surface area contributed by atoms with E-state index in [0.717, 1.165) is 5.56 Å². The van der Waals surface area contributed by atoms with Gasteiger partial charge in [-0.1, -0.05) is 24.3 Å². The number of ether oxygens (including phenoxy) is 4. The van der Waals surface area contributed by atoms with Crippen LogP contribution in [0.4, 0.5) is 5.69 Å². The van der Waals surface area contributed by atoms with Crippen molar-refractivity contribution in [1.29, 1.82) is 0 Å². The van der Waals surface area contributed by atoms with E-state index >= 15 is 0 Å². The molecule has 0 aliphatic carbocycles. The molecule has 3 aromatic carbocycles. The molecule has 32 heavy (non-hydrogen) atoms. The van der Waals surface area contributed by atoms with E-state index in [1.165, 1.54) is 19.3 Å². The van der Waals surface area contributed by atoms with Gasteiger partial charge in [0.25, 0.3) is 0 Å². The highest BCUT2D eigenvalue weighted by molar-refractivity contribution is 6.07. The van der Waals surface area contributed by atoms with Crippen molar-refractivity contribution in [1.82, 2.24) is 0 Å². The molecule has 0 spiro atoms. The summed E-state index contributed by atoms with van der Waals surface area (Å²) in [5.41, 5.74) is 1.81. The van der Waals surface area contributed by atoms with Crippen LogP contribution in [0.25, 0.3) is 6.08 Å². The highest BCUT2D eigenvalue weighted by Gasteiger charge is 2.16. The maximum Gasteiger partial charge on any atom is 0.310 e. The summed E-state index contributed by atoms with van der Waals surface area (Å²) < 4.78 is 21.6. The van der Waals surface area contributed by atoms with Crippen molar-refractivity contribution in [2.75, 3.05) is 13.9 Å². The van der Waals surface area contributed by atoms with Crippen LogP contribution in [0.5, 0.6) is 23.0 Å². The first-order chi connectivity index (χ1) is 15.5. The van der Waals surface area contributed by atoms with Gasteiger partial charge >= 0.3 is 5.69 Å². The number of ketones is 1. The molecule has 4 rings (SSSR count). The summed E-state index contributed by atoms with van der Waals surface area (Å²) in [5, 5.41) is 11.2. The average Bonchev–Trinajstić information content (AvgIpc) is 3.29. The Hall–Kier alpha value is -4.33. The maximum absolute atomic E-state index is 12.5. The lowest BCUT2D eigenvalue weighted by molar-refractivity contribution is -0.385. The van der Waals surface area contributed by atoms with Gasteiger partial charge in [-0.3, -0.25) is 14.9 Å². The van der Waals surface area contributed by atoms with Crippen molar-refractivity contribution in [3.8, 4) is 23.0 Å².